The van der Waals surface area contributed by atoms with Gasteiger partial charge in [0.15, 0.2) is 0 Å². The van der Waals surface area contributed by atoms with E-state index in [4.69, 9.17) is 4.74 Å². The van der Waals surface area contributed by atoms with Crippen molar-refractivity contribution in [3.8, 4) is 0 Å². The number of piperidine rings is 1. The second kappa shape index (κ2) is 10.5. The molecule has 0 spiro atoms. The minimum atomic E-state index is -0.925. The number of carbonyl (C=O) groups is 4. The Morgan fingerprint density at radius 3 is 2.33 bits per heavy atom. The standard InChI is InChI=1S/C23H31N3O6S/c1-23(2,3)32-22(31)26-14-33-13-17(26)19(27)24-18(15-7-5-4-6-8-15)20(28)25-11-9-16(10-12-25)21(29)30/h4-8,16-18H,9-14H2,1-3H3,(H,24,27)(H,29,30)/t17-,18-/m0/s1. The number of carboxylic acids is 1. The van der Waals surface area contributed by atoms with Crippen LogP contribution in [0.4, 0.5) is 4.79 Å². The van der Waals surface area contributed by atoms with Crippen LogP contribution >= 0.6 is 11.8 Å². The number of thioether (sulfide) groups is 1. The molecule has 180 valence electrons. The van der Waals surface area contributed by atoms with E-state index in [1.807, 2.05) is 6.07 Å². The average molecular weight is 478 g/mol. The first-order chi connectivity index (χ1) is 15.6. The van der Waals surface area contributed by atoms with E-state index in [1.165, 1.54) is 16.7 Å². The summed E-state index contributed by atoms with van der Waals surface area (Å²) >= 11 is 1.45. The van der Waals surface area contributed by atoms with Crippen molar-refractivity contribution >= 4 is 35.6 Å². The SMILES string of the molecule is CC(C)(C)OC(=O)N1CSC[C@H]1C(=O)N[C@H](C(=O)N1CCC(C(=O)O)CC1)c1ccccc1. The molecule has 3 amide bonds. The second-order valence-corrected chi connectivity index (χ2v) is 10.3. The van der Waals surface area contributed by atoms with Crippen LogP contribution in [0.5, 0.6) is 0 Å². The molecule has 0 aromatic heterocycles. The highest BCUT2D eigenvalue weighted by atomic mass is 32.2. The number of ether oxygens (including phenoxy) is 1. The van der Waals surface area contributed by atoms with Crippen molar-refractivity contribution in [1.82, 2.24) is 15.1 Å². The van der Waals surface area contributed by atoms with Crippen LogP contribution in [0.15, 0.2) is 30.3 Å². The maximum Gasteiger partial charge on any atom is 0.411 e. The molecule has 3 rings (SSSR count). The molecule has 2 heterocycles. The molecule has 0 radical (unpaired) electrons. The van der Waals surface area contributed by atoms with Crippen LogP contribution in [-0.4, -0.2) is 75.1 Å². The number of carboxylic acid groups (broad SMARTS) is 1. The zero-order valence-corrected chi connectivity index (χ0v) is 20.0. The number of rotatable bonds is 5. The molecule has 2 atom stereocenters. The van der Waals surface area contributed by atoms with E-state index in [0.29, 0.717) is 43.1 Å². The fraction of sp³-hybridized carbons (Fsp3) is 0.565. The third kappa shape index (κ3) is 6.40. The van der Waals surface area contributed by atoms with E-state index in [0.717, 1.165) is 0 Å². The van der Waals surface area contributed by atoms with Crippen LogP contribution in [0.25, 0.3) is 0 Å². The second-order valence-electron chi connectivity index (χ2n) is 9.26. The van der Waals surface area contributed by atoms with Gasteiger partial charge in [-0.2, -0.15) is 0 Å². The zero-order chi connectivity index (χ0) is 24.2. The van der Waals surface area contributed by atoms with Crippen LogP contribution in [0.2, 0.25) is 0 Å². The molecule has 1 aromatic carbocycles. The van der Waals surface area contributed by atoms with Gasteiger partial charge in [0.1, 0.15) is 17.7 Å². The Balaban J connectivity index is 1.74. The number of amides is 3. The van der Waals surface area contributed by atoms with Crippen molar-refractivity contribution < 1.29 is 29.0 Å². The van der Waals surface area contributed by atoms with Crippen molar-refractivity contribution in [2.24, 2.45) is 5.92 Å². The van der Waals surface area contributed by atoms with Gasteiger partial charge in [0.2, 0.25) is 11.8 Å². The highest BCUT2D eigenvalue weighted by Crippen LogP contribution is 2.26. The number of hydrogen-bond acceptors (Lipinski definition) is 6. The van der Waals surface area contributed by atoms with E-state index in [1.54, 1.807) is 49.9 Å². The van der Waals surface area contributed by atoms with Crippen LogP contribution in [0.1, 0.15) is 45.2 Å². The molecule has 2 aliphatic heterocycles. The summed E-state index contributed by atoms with van der Waals surface area (Å²) in [6.07, 6.45) is 0.190. The maximum atomic E-state index is 13.4. The topological polar surface area (TPSA) is 116 Å². The van der Waals surface area contributed by atoms with Gasteiger partial charge in [-0.15, -0.1) is 11.8 Å². The molecule has 0 bridgehead atoms. The van der Waals surface area contributed by atoms with Gasteiger partial charge in [0.05, 0.1) is 11.8 Å². The van der Waals surface area contributed by atoms with Gasteiger partial charge in [-0.3, -0.25) is 19.3 Å². The van der Waals surface area contributed by atoms with Gasteiger partial charge >= 0.3 is 12.1 Å². The average Bonchev–Trinajstić information content (AvgIpc) is 3.27. The Morgan fingerprint density at radius 1 is 1.12 bits per heavy atom. The predicted octanol–water partition coefficient (Wildman–Crippen LogP) is 2.48. The molecule has 1 aromatic rings. The first kappa shape index (κ1) is 24.9. The number of nitrogens with one attached hydrogen (secondary N) is 1. The minimum Gasteiger partial charge on any atom is -0.481 e. The third-order valence-corrected chi connectivity index (χ3v) is 6.65. The number of benzene rings is 1. The zero-order valence-electron chi connectivity index (χ0n) is 19.2. The molecular formula is C23H31N3O6S. The lowest BCUT2D eigenvalue weighted by molar-refractivity contribution is -0.146. The van der Waals surface area contributed by atoms with Crippen LogP contribution in [-0.2, 0) is 19.1 Å². The van der Waals surface area contributed by atoms with Gasteiger partial charge in [0.25, 0.3) is 0 Å². The summed E-state index contributed by atoms with van der Waals surface area (Å²) in [7, 11) is 0. The summed E-state index contributed by atoms with van der Waals surface area (Å²) in [4.78, 5) is 53.4. The Kier molecular flexibility index (Phi) is 7.88. The van der Waals surface area contributed by atoms with E-state index >= 15 is 0 Å². The summed E-state index contributed by atoms with van der Waals surface area (Å²) in [6, 6.07) is 7.26. The number of likely N-dealkylation sites (tertiary alicyclic amines) is 1. The lowest BCUT2D eigenvalue weighted by Crippen LogP contribution is -2.52. The van der Waals surface area contributed by atoms with Crippen LogP contribution in [0, 0.1) is 5.92 Å². The third-order valence-electron chi connectivity index (χ3n) is 5.64. The lowest BCUT2D eigenvalue weighted by Gasteiger charge is -2.34. The smallest absolute Gasteiger partial charge is 0.411 e. The van der Waals surface area contributed by atoms with E-state index < -0.39 is 41.6 Å². The molecular weight excluding hydrogens is 446 g/mol. The molecule has 0 unspecified atom stereocenters. The molecule has 0 saturated carbocycles. The highest BCUT2D eigenvalue weighted by Gasteiger charge is 2.39. The summed E-state index contributed by atoms with van der Waals surface area (Å²) in [5.74, 6) is -1.28. The molecule has 2 fully saturated rings. The van der Waals surface area contributed by atoms with Crippen molar-refractivity contribution in [1.29, 1.82) is 0 Å². The highest BCUT2D eigenvalue weighted by molar-refractivity contribution is 7.99. The number of carbonyl (C=O) groups excluding carboxylic acids is 3. The summed E-state index contributed by atoms with van der Waals surface area (Å²) in [5, 5.41) is 12.1. The fourth-order valence-electron chi connectivity index (χ4n) is 3.86. The number of aliphatic carboxylic acids is 1. The van der Waals surface area contributed by atoms with Gasteiger partial charge in [0, 0.05) is 18.8 Å². The van der Waals surface area contributed by atoms with Gasteiger partial charge < -0.3 is 20.1 Å². The predicted molar refractivity (Wildman–Crippen MR) is 123 cm³/mol. The van der Waals surface area contributed by atoms with E-state index in [-0.39, 0.29) is 5.91 Å². The van der Waals surface area contributed by atoms with Gasteiger partial charge in [-0.05, 0) is 39.2 Å². The van der Waals surface area contributed by atoms with Crippen molar-refractivity contribution in [3.63, 3.8) is 0 Å². The largest absolute Gasteiger partial charge is 0.481 e. The number of hydrogen-bond donors (Lipinski definition) is 2. The van der Waals surface area contributed by atoms with Crippen LogP contribution in [0.3, 0.4) is 0 Å². The van der Waals surface area contributed by atoms with Gasteiger partial charge in [-0.1, -0.05) is 30.3 Å². The maximum absolute atomic E-state index is 13.4. The first-order valence-corrected chi connectivity index (χ1v) is 12.2. The van der Waals surface area contributed by atoms with Crippen molar-refractivity contribution in [3.05, 3.63) is 35.9 Å². The van der Waals surface area contributed by atoms with E-state index in [9.17, 15) is 24.3 Å². The molecule has 2 saturated heterocycles. The monoisotopic (exact) mass is 477 g/mol. The number of nitrogens with zero attached hydrogens (tertiary/aromatic N) is 2. The quantitative estimate of drug-likeness (QED) is 0.669. The summed E-state index contributed by atoms with van der Waals surface area (Å²) in [5.41, 5.74) is -0.0543. The first-order valence-electron chi connectivity index (χ1n) is 11.0. The minimum absolute atomic E-state index is 0.284. The van der Waals surface area contributed by atoms with Crippen LogP contribution < -0.4 is 5.32 Å². The molecule has 0 aliphatic carbocycles. The Morgan fingerprint density at radius 2 is 1.76 bits per heavy atom. The lowest BCUT2D eigenvalue weighted by atomic mass is 9.96. The Hall–Kier alpha value is -2.75. The fourth-order valence-corrected chi connectivity index (χ4v) is 5.00. The normalized spacial score (nSPS) is 20.3. The van der Waals surface area contributed by atoms with Crippen molar-refractivity contribution in [2.75, 3.05) is 24.7 Å². The summed E-state index contributed by atoms with van der Waals surface area (Å²) in [6.45, 7) is 5.93. The van der Waals surface area contributed by atoms with Gasteiger partial charge in [-0.25, -0.2) is 4.79 Å². The Labute approximate surface area is 197 Å². The van der Waals surface area contributed by atoms with E-state index in [2.05, 4.69) is 5.32 Å². The molecule has 2 N–H and O–H groups in total. The molecule has 2 aliphatic rings. The summed E-state index contributed by atoms with van der Waals surface area (Å²) < 4.78 is 5.43. The Bertz CT molecular complexity index is 880. The molecule has 33 heavy (non-hydrogen) atoms. The molecule has 10 heteroatoms. The van der Waals surface area contributed by atoms with Crippen molar-refractivity contribution in [2.45, 2.75) is 51.3 Å². The molecule has 9 nitrogen and oxygen atoms in total.